The van der Waals surface area contributed by atoms with E-state index in [0.717, 1.165) is 0 Å². The van der Waals surface area contributed by atoms with Gasteiger partial charge in [-0.1, -0.05) is 6.92 Å². The lowest BCUT2D eigenvalue weighted by molar-refractivity contribution is -0.133. The lowest BCUT2D eigenvalue weighted by Gasteiger charge is -2.22. The average Bonchev–Trinajstić information content (AvgIpc) is 2.40. The fourth-order valence-corrected chi connectivity index (χ4v) is 1.51. The van der Waals surface area contributed by atoms with E-state index in [0.29, 0.717) is 32.2 Å². The molecule has 2 atom stereocenters. The molecule has 0 saturated carbocycles. The number of nitriles is 1. The quantitative estimate of drug-likeness (QED) is 0.618. The van der Waals surface area contributed by atoms with Gasteiger partial charge in [0.05, 0.1) is 19.3 Å². The second kappa shape index (κ2) is 4.97. The molecule has 0 bridgehead atoms. The van der Waals surface area contributed by atoms with Crippen molar-refractivity contribution in [3.63, 3.8) is 0 Å². The van der Waals surface area contributed by atoms with Crippen LogP contribution in [0.3, 0.4) is 0 Å². The smallest absolute Gasteiger partial charge is 0.239 e. The van der Waals surface area contributed by atoms with Crippen LogP contribution in [0.4, 0.5) is 0 Å². The first-order chi connectivity index (χ1) is 6.65. The maximum absolute atomic E-state index is 11.7. The van der Waals surface area contributed by atoms with E-state index in [-0.39, 0.29) is 5.91 Å². The van der Waals surface area contributed by atoms with Gasteiger partial charge in [0.2, 0.25) is 5.91 Å². The van der Waals surface area contributed by atoms with Crippen molar-refractivity contribution in [3.8, 4) is 6.07 Å². The van der Waals surface area contributed by atoms with Gasteiger partial charge in [0.1, 0.15) is 5.92 Å². The summed E-state index contributed by atoms with van der Waals surface area (Å²) in [6.07, 6.45) is 0. The summed E-state index contributed by atoms with van der Waals surface area (Å²) < 4.78 is 5.32. The molecule has 1 aliphatic rings. The number of ether oxygens (including phenoxy) is 1. The molecule has 78 valence electrons. The molecule has 1 aliphatic heterocycles. The van der Waals surface area contributed by atoms with E-state index >= 15 is 0 Å². The van der Waals surface area contributed by atoms with E-state index in [2.05, 4.69) is 0 Å². The van der Waals surface area contributed by atoms with E-state index in [9.17, 15) is 4.79 Å². The molecule has 0 aromatic heterocycles. The minimum absolute atomic E-state index is 0.0788. The van der Waals surface area contributed by atoms with Crippen molar-refractivity contribution in [1.82, 2.24) is 4.90 Å². The van der Waals surface area contributed by atoms with Crippen LogP contribution in [0.5, 0.6) is 0 Å². The van der Waals surface area contributed by atoms with Crippen LogP contribution in [0, 0.1) is 23.2 Å². The minimum atomic E-state index is -0.541. The molecule has 0 spiro atoms. The Morgan fingerprint density at radius 1 is 1.71 bits per heavy atom. The summed E-state index contributed by atoms with van der Waals surface area (Å²) in [7, 11) is 0. The van der Waals surface area contributed by atoms with Crippen LogP contribution >= 0.6 is 0 Å². The van der Waals surface area contributed by atoms with Crippen LogP contribution in [-0.4, -0.2) is 37.1 Å². The predicted molar refractivity (Wildman–Crippen MR) is 51.3 cm³/mol. The van der Waals surface area contributed by atoms with Crippen molar-refractivity contribution < 1.29 is 9.53 Å². The van der Waals surface area contributed by atoms with Crippen LogP contribution in [0.15, 0.2) is 0 Å². The van der Waals surface area contributed by atoms with Gasteiger partial charge in [-0.2, -0.15) is 5.26 Å². The monoisotopic (exact) mass is 196 g/mol. The molecular weight excluding hydrogens is 180 g/mol. The standard InChI is InChI=1S/C10H16N2O2/c1-8-6-12(3-4-14-7-8)10(13)9(2)5-11/h8-9H,3-4,6-7H2,1-2H3. The number of nitrogens with zero attached hydrogens (tertiary/aromatic N) is 2. The molecule has 1 rings (SSSR count). The predicted octanol–water partition coefficient (Wildman–Crippen LogP) is 0.641. The Hall–Kier alpha value is -1.08. The molecule has 0 N–H and O–H groups in total. The Bertz CT molecular complexity index is 247. The maximum Gasteiger partial charge on any atom is 0.239 e. The Morgan fingerprint density at radius 3 is 3.07 bits per heavy atom. The highest BCUT2D eigenvalue weighted by Gasteiger charge is 2.23. The Morgan fingerprint density at radius 2 is 2.43 bits per heavy atom. The Balaban J connectivity index is 2.58. The van der Waals surface area contributed by atoms with Gasteiger partial charge < -0.3 is 9.64 Å². The molecule has 1 saturated heterocycles. The van der Waals surface area contributed by atoms with Crippen molar-refractivity contribution in [1.29, 1.82) is 5.26 Å². The van der Waals surface area contributed by atoms with Crippen LogP contribution in [0.2, 0.25) is 0 Å². The molecule has 4 nitrogen and oxygen atoms in total. The number of rotatable bonds is 1. The van der Waals surface area contributed by atoms with Gasteiger partial charge in [0, 0.05) is 13.1 Å². The first-order valence-corrected chi connectivity index (χ1v) is 4.91. The molecule has 1 heterocycles. The number of carbonyl (C=O) groups is 1. The normalized spacial score (nSPS) is 24.9. The van der Waals surface area contributed by atoms with Gasteiger partial charge >= 0.3 is 0 Å². The van der Waals surface area contributed by atoms with E-state index in [1.165, 1.54) is 0 Å². The molecular formula is C10H16N2O2. The summed E-state index contributed by atoms with van der Waals surface area (Å²) in [4.78, 5) is 13.4. The fraction of sp³-hybridized carbons (Fsp3) is 0.800. The summed E-state index contributed by atoms with van der Waals surface area (Å²) in [6.45, 7) is 6.26. The summed E-state index contributed by atoms with van der Waals surface area (Å²) in [5.41, 5.74) is 0. The van der Waals surface area contributed by atoms with Gasteiger partial charge in [0.25, 0.3) is 0 Å². The lowest BCUT2D eigenvalue weighted by atomic mass is 10.1. The molecule has 2 unspecified atom stereocenters. The number of carbonyl (C=O) groups excluding carboxylic acids is 1. The minimum Gasteiger partial charge on any atom is -0.379 e. The van der Waals surface area contributed by atoms with Gasteiger partial charge in [-0.05, 0) is 12.8 Å². The zero-order valence-electron chi connectivity index (χ0n) is 8.69. The highest BCUT2D eigenvalue weighted by molar-refractivity contribution is 5.80. The molecule has 1 fully saturated rings. The fourth-order valence-electron chi connectivity index (χ4n) is 1.51. The first kappa shape index (κ1) is 11.0. The van der Waals surface area contributed by atoms with Crippen LogP contribution in [0.1, 0.15) is 13.8 Å². The maximum atomic E-state index is 11.7. The lowest BCUT2D eigenvalue weighted by Crippen LogP contribution is -2.38. The number of hydrogen-bond acceptors (Lipinski definition) is 3. The molecule has 0 radical (unpaired) electrons. The second-order valence-corrected chi connectivity index (χ2v) is 3.82. The second-order valence-electron chi connectivity index (χ2n) is 3.82. The van der Waals surface area contributed by atoms with Crippen molar-refractivity contribution in [2.75, 3.05) is 26.3 Å². The molecule has 0 aromatic carbocycles. The Kier molecular flexibility index (Phi) is 3.90. The van der Waals surface area contributed by atoms with Gasteiger partial charge in [-0.15, -0.1) is 0 Å². The van der Waals surface area contributed by atoms with Crippen LogP contribution < -0.4 is 0 Å². The molecule has 14 heavy (non-hydrogen) atoms. The van der Waals surface area contributed by atoms with Gasteiger partial charge in [-0.3, -0.25) is 4.79 Å². The first-order valence-electron chi connectivity index (χ1n) is 4.91. The number of amides is 1. The van der Waals surface area contributed by atoms with E-state index < -0.39 is 5.92 Å². The van der Waals surface area contributed by atoms with E-state index in [1.807, 2.05) is 13.0 Å². The molecule has 0 aliphatic carbocycles. The SMILES string of the molecule is CC1COCCN(C(=O)C(C)C#N)C1. The van der Waals surface area contributed by atoms with Crippen LogP contribution in [0.25, 0.3) is 0 Å². The molecule has 1 amide bonds. The molecule has 4 heteroatoms. The third-order valence-corrected chi connectivity index (χ3v) is 2.32. The van der Waals surface area contributed by atoms with Crippen molar-refractivity contribution in [2.24, 2.45) is 11.8 Å². The highest BCUT2D eigenvalue weighted by atomic mass is 16.5. The summed E-state index contributed by atoms with van der Waals surface area (Å²) in [6, 6.07) is 1.97. The van der Waals surface area contributed by atoms with Crippen molar-refractivity contribution >= 4 is 5.91 Å². The zero-order chi connectivity index (χ0) is 10.6. The van der Waals surface area contributed by atoms with Crippen molar-refractivity contribution in [3.05, 3.63) is 0 Å². The summed E-state index contributed by atoms with van der Waals surface area (Å²) >= 11 is 0. The average molecular weight is 196 g/mol. The van der Waals surface area contributed by atoms with E-state index in [4.69, 9.17) is 10.00 Å². The molecule has 0 aromatic rings. The van der Waals surface area contributed by atoms with Gasteiger partial charge in [-0.25, -0.2) is 0 Å². The highest BCUT2D eigenvalue weighted by Crippen LogP contribution is 2.09. The largest absolute Gasteiger partial charge is 0.379 e. The van der Waals surface area contributed by atoms with Crippen molar-refractivity contribution in [2.45, 2.75) is 13.8 Å². The summed E-state index contributed by atoms with van der Waals surface area (Å²) in [5.74, 6) is -0.266. The summed E-state index contributed by atoms with van der Waals surface area (Å²) in [5, 5.41) is 8.64. The third-order valence-electron chi connectivity index (χ3n) is 2.32. The topological polar surface area (TPSA) is 53.3 Å². The van der Waals surface area contributed by atoms with E-state index in [1.54, 1.807) is 11.8 Å². The Labute approximate surface area is 84.4 Å². The van der Waals surface area contributed by atoms with Gasteiger partial charge in [0.15, 0.2) is 0 Å². The number of hydrogen-bond donors (Lipinski definition) is 0. The van der Waals surface area contributed by atoms with Crippen LogP contribution in [-0.2, 0) is 9.53 Å². The zero-order valence-corrected chi connectivity index (χ0v) is 8.69. The third kappa shape index (κ3) is 2.71.